The van der Waals surface area contributed by atoms with Crippen molar-refractivity contribution in [2.75, 3.05) is 14.7 Å². The maximum Gasteiger partial charge on any atom is 0.0546 e. The van der Waals surface area contributed by atoms with Gasteiger partial charge in [0, 0.05) is 77.1 Å². The van der Waals surface area contributed by atoms with Crippen molar-refractivity contribution in [1.82, 2.24) is 0 Å². The van der Waals surface area contributed by atoms with E-state index in [1.807, 2.05) is 0 Å². The summed E-state index contributed by atoms with van der Waals surface area (Å²) in [5.41, 5.74) is 27.8. The average Bonchev–Trinajstić information content (AvgIpc) is 1.61. The summed E-state index contributed by atoms with van der Waals surface area (Å²) < 4.78 is 6.47. The Kier molecular flexibility index (Phi) is 20.5. The van der Waals surface area contributed by atoms with Gasteiger partial charge in [0.2, 0.25) is 0 Å². The predicted molar refractivity (Wildman–Crippen MR) is 490 cm³/mol. The number of halogens is 6. The molecule has 111 heavy (non-hydrogen) atoms. The third kappa shape index (κ3) is 14.6. The van der Waals surface area contributed by atoms with Crippen LogP contribution < -0.4 is 14.7 Å². The number of rotatable bonds is 12. The summed E-state index contributed by atoms with van der Waals surface area (Å²) in [6.45, 7) is 0. The van der Waals surface area contributed by atoms with Crippen LogP contribution in [-0.2, 0) is 0 Å². The minimum atomic E-state index is 0.727. The Balaban J connectivity index is 0.000000112. The lowest BCUT2D eigenvalue weighted by Gasteiger charge is -2.38. The van der Waals surface area contributed by atoms with Gasteiger partial charge < -0.3 is 14.7 Å². The van der Waals surface area contributed by atoms with Crippen molar-refractivity contribution >= 4 is 179 Å². The van der Waals surface area contributed by atoms with E-state index in [4.69, 9.17) is 0 Å². The molecular weight excluding hydrogens is 1750 g/mol. The van der Waals surface area contributed by atoms with E-state index < -0.39 is 0 Å². The van der Waals surface area contributed by atoms with Gasteiger partial charge in [-0.2, -0.15) is 0 Å². The summed E-state index contributed by atoms with van der Waals surface area (Å²) in [5.74, 6) is 4.54. The molecule has 0 aromatic heterocycles. The van der Waals surface area contributed by atoms with E-state index in [2.05, 4.69) is 420 Å². The quantitative estimate of drug-likeness (QED) is 0.121. The van der Waals surface area contributed by atoms with Gasteiger partial charge in [0.25, 0.3) is 0 Å². The van der Waals surface area contributed by atoms with E-state index in [9.17, 15) is 0 Å². The van der Waals surface area contributed by atoms with Gasteiger partial charge in [-0.1, -0.05) is 229 Å². The molecule has 3 nitrogen and oxygen atoms in total. The van der Waals surface area contributed by atoms with E-state index in [-0.39, 0.29) is 0 Å². The van der Waals surface area contributed by atoms with Crippen LogP contribution in [0.25, 0.3) is 65.7 Å². The van der Waals surface area contributed by atoms with E-state index in [1.54, 1.807) is 33.4 Å². The molecule has 0 aliphatic heterocycles. The Bertz CT molecular complexity index is 5830. The SMILES string of the molecule is Brc1ccc(N(c2ccc(Br)cc2)c2cc(-c3ccc4c(c3)C3CCC4C3)cc3ccccc23)cc1.Brc1ccc(N(c2ccc(Br)cc2)c2cc(-c3ccc4c(c3)C3CCC4CC3)cc3ccccc23)cc1.Brc1ccc(N(c2ccc(Br)cc2)c2cc(-c3ccc4c(c3)C3CCCC4CC3)cc3ccccc23)cc1. The Morgan fingerprint density at radius 1 is 0.198 bits per heavy atom. The lowest BCUT2D eigenvalue weighted by Crippen LogP contribution is -2.21. The molecule has 4 unspecified atom stereocenters. The Labute approximate surface area is 702 Å². The molecule has 0 spiro atoms. The zero-order valence-electron chi connectivity index (χ0n) is 61.5. The van der Waals surface area contributed by atoms with E-state index in [0.29, 0.717) is 0 Å². The zero-order valence-corrected chi connectivity index (χ0v) is 71.0. The maximum atomic E-state index is 3.62. The number of hydrogen-bond donors (Lipinski definition) is 0. The minimum absolute atomic E-state index is 0.727. The lowest BCUT2D eigenvalue weighted by atomic mass is 9.66. The second-order valence-corrected chi connectivity index (χ2v) is 36.7. The number of nitrogens with zero attached hydrogens (tertiary/aromatic N) is 3. The van der Waals surface area contributed by atoms with Crippen LogP contribution in [0.5, 0.6) is 0 Å². The summed E-state index contributed by atoms with van der Waals surface area (Å²) in [6, 6.07) is 114. The van der Waals surface area contributed by atoms with Gasteiger partial charge in [-0.25, -0.2) is 0 Å². The topological polar surface area (TPSA) is 9.72 Å². The van der Waals surface area contributed by atoms with Crippen molar-refractivity contribution in [3.8, 4) is 33.4 Å². The molecular formula is C102H81Br6N3. The number of fused-ring (bicyclic) bond motifs is 13. The zero-order chi connectivity index (χ0) is 74.8. The number of hydrogen-bond acceptors (Lipinski definition) is 3. The molecule has 546 valence electrons. The van der Waals surface area contributed by atoms with Crippen LogP contribution in [0.1, 0.15) is 146 Å². The van der Waals surface area contributed by atoms with Crippen molar-refractivity contribution < 1.29 is 0 Å². The average molecular weight is 1830 g/mol. The van der Waals surface area contributed by atoms with Gasteiger partial charge in [-0.15, -0.1) is 0 Å². The first-order valence-electron chi connectivity index (χ1n) is 39.4. The third-order valence-electron chi connectivity index (χ3n) is 24.8. The highest BCUT2D eigenvalue weighted by Gasteiger charge is 2.38. The summed E-state index contributed by atoms with van der Waals surface area (Å²) in [4.78, 5) is 7.14. The molecule has 8 aliphatic rings. The van der Waals surface area contributed by atoms with Crippen molar-refractivity contribution in [1.29, 1.82) is 0 Å². The standard InChI is InChI=1S/C35H29Br2N.C34H27Br2N.C33H25Br2N/c36-28-11-15-30(16-12-28)38(31-17-13-29(37)14-18-31)35-22-27(20-26-4-1-2-7-33(26)35)25-10-19-32-23-5-3-6-24(9-8-23)34(32)21-25;35-27-10-14-29(15-11-27)37(30-16-12-28(36)13-17-30)34-21-26(19-25-3-1-2-4-32(25)34)24-9-18-31-22-5-7-23(8-6-22)33(31)20-24;34-26-8-12-28(13-9-26)36(29-14-10-27(35)11-15-29)33-20-25(18-22-3-1-2-4-31(22)33)21-7-16-30-23-5-6-24(17-23)32(30)19-21/h1-2,4,7,10-24H,3,5-6,8-9H2;1-4,9-23H,5-8H2;1-4,7-16,18-20,23-24H,5-6,17H2. The fourth-order valence-corrected chi connectivity index (χ4v) is 21.0. The first kappa shape index (κ1) is 72.6. The summed E-state index contributed by atoms with van der Waals surface area (Å²) in [7, 11) is 0. The third-order valence-corrected chi connectivity index (χ3v) is 28.0. The Hall–Kier alpha value is -8.64. The van der Waals surface area contributed by atoms with Crippen molar-refractivity contribution in [2.24, 2.45) is 0 Å². The van der Waals surface area contributed by atoms with Gasteiger partial charge in [0.1, 0.15) is 0 Å². The molecule has 3 fully saturated rings. The van der Waals surface area contributed by atoms with Crippen LogP contribution >= 0.6 is 95.6 Å². The second-order valence-electron chi connectivity index (χ2n) is 31.2. The second kappa shape index (κ2) is 31.4. The smallest absolute Gasteiger partial charge is 0.0546 e. The van der Waals surface area contributed by atoms with Crippen LogP contribution in [0.3, 0.4) is 0 Å². The number of benzene rings is 15. The first-order chi connectivity index (χ1) is 54.4. The molecule has 0 saturated heterocycles. The van der Waals surface area contributed by atoms with Crippen molar-refractivity contribution in [2.45, 2.75) is 113 Å². The normalized spacial score (nSPS) is 18.1. The summed E-state index contributed by atoms with van der Waals surface area (Å²) in [6.07, 6.45) is 16.3. The van der Waals surface area contributed by atoms with Crippen molar-refractivity contribution in [3.63, 3.8) is 0 Å². The molecule has 9 heteroatoms. The van der Waals surface area contributed by atoms with Gasteiger partial charge in [0.05, 0.1) is 17.1 Å². The Morgan fingerprint density at radius 3 is 0.739 bits per heavy atom. The highest BCUT2D eigenvalue weighted by molar-refractivity contribution is 9.11. The molecule has 15 aromatic carbocycles. The molecule has 23 rings (SSSR count). The Morgan fingerprint density at radius 2 is 0.432 bits per heavy atom. The van der Waals surface area contributed by atoms with Crippen LogP contribution in [-0.4, -0.2) is 0 Å². The van der Waals surface area contributed by atoms with E-state index in [0.717, 1.165) is 96.5 Å². The van der Waals surface area contributed by atoms with Gasteiger partial charge in [-0.3, -0.25) is 0 Å². The molecule has 4 atom stereocenters. The molecule has 8 aliphatic carbocycles. The van der Waals surface area contributed by atoms with E-state index in [1.165, 1.54) is 160 Å². The highest BCUT2D eigenvalue weighted by Crippen LogP contribution is 2.56. The predicted octanol–water partition coefficient (Wildman–Crippen LogP) is 33.8. The maximum absolute atomic E-state index is 3.62. The van der Waals surface area contributed by atoms with Crippen LogP contribution in [0, 0.1) is 0 Å². The van der Waals surface area contributed by atoms with Crippen molar-refractivity contribution in [3.05, 3.63) is 370 Å². The monoisotopic (exact) mass is 1820 g/mol. The largest absolute Gasteiger partial charge is 0.310 e. The fraction of sp³-hybridized carbons (Fsp3) is 0.176. The van der Waals surface area contributed by atoms with Crippen LogP contribution in [0.4, 0.5) is 51.2 Å². The van der Waals surface area contributed by atoms with E-state index >= 15 is 0 Å². The fourth-order valence-electron chi connectivity index (χ4n) is 19.4. The number of anilines is 9. The van der Waals surface area contributed by atoms with Crippen LogP contribution in [0.15, 0.2) is 336 Å². The molecule has 15 aromatic rings. The molecule has 3 saturated carbocycles. The van der Waals surface area contributed by atoms with Gasteiger partial charge in [0.15, 0.2) is 0 Å². The molecule has 0 heterocycles. The molecule has 0 N–H and O–H groups in total. The molecule has 0 radical (unpaired) electrons. The summed E-state index contributed by atoms with van der Waals surface area (Å²) in [5, 5.41) is 7.51. The highest BCUT2D eigenvalue weighted by atomic mass is 79.9. The molecule has 6 bridgehead atoms. The lowest BCUT2D eigenvalue weighted by molar-refractivity contribution is 0.359. The van der Waals surface area contributed by atoms with Gasteiger partial charge >= 0.3 is 0 Å². The first-order valence-corrected chi connectivity index (χ1v) is 44.1. The molecule has 0 amide bonds. The van der Waals surface area contributed by atoms with Crippen LogP contribution in [0.2, 0.25) is 0 Å². The van der Waals surface area contributed by atoms with Gasteiger partial charge in [-0.05, 0) is 371 Å². The minimum Gasteiger partial charge on any atom is -0.310 e. The summed E-state index contributed by atoms with van der Waals surface area (Å²) >= 11 is 21.7.